The predicted molar refractivity (Wildman–Crippen MR) is 95.2 cm³/mol. The van der Waals surface area contributed by atoms with E-state index in [-0.39, 0.29) is 11.7 Å². The van der Waals surface area contributed by atoms with Crippen LogP contribution >= 0.6 is 0 Å². The van der Waals surface area contributed by atoms with Crippen molar-refractivity contribution in [3.05, 3.63) is 65.5 Å². The molecule has 1 amide bonds. The summed E-state index contributed by atoms with van der Waals surface area (Å²) in [4.78, 5) is 14.6. The van der Waals surface area contributed by atoms with Gasteiger partial charge >= 0.3 is 0 Å². The minimum absolute atomic E-state index is 0.115. The van der Waals surface area contributed by atoms with Gasteiger partial charge in [0.2, 0.25) is 0 Å². The highest BCUT2D eigenvalue weighted by Crippen LogP contribution is 2.13. The van der Waals surface area contributed by atoms with Crippen molar-refractivity contribution in [2.24, 2.45) is 0 Å². The van der Waals surface area contributed by atoms with Gasteiger partial charge in [-0.05, 0) is 67.9 Å². The van der Waals surface area contributed by atoms with Crippen molar-refractivity contribution in [1.82, 2.24) is 10.2 Å². The summed E-state index contributed by atoms with van der Waals surface area (Å²) in [5.41, 5.74) is 1.88. The van der Waals surface area contributed by atoms with Crippen molar-refractivity contribution in [3.8, 4) is 5.75 Å². The van der Waals surface area contributed by atoms with Gasteiger partial charge < -0.3 is 10.1 Å². The largest absolute Gasteiger partial charge is 0.492 e. The number of benzene rings is 2. The number of carbonyl (C=O) groups excluding carboxylic acids is 1. The number of carbonyl (C=O) groups is 1. The second-order valence-electron chi connectivity index (χ2n) is 6.24. The van der Waals surface area contributed by atoms with Crippen molar-refractivity contribution < 1.29 is 13.9 Å². The minimum atomic E-state index is -0.297. The molecule has 0 spiro atoms. The quantitative estimate of drug-likeness (QED) is 0.786. The lowest BCUT2D eigenvalue weighted by Gasteiger charge is -2.14. The average Bonchev–Trinajstić information content (AvgIpc) is 3.14. The number of likely N-dealkylation sites (tertiary alicyclic amines) is 1. The monoisotopic (exact) mass is 342 g/mol. The first-order valence-electron chi connectivity index (χ1n) is 8.68. The maximum Gasteiger partial charge on any atom is 0.251 e. The molecule has 3 rings (SSSR count). The molecule has 2 aromatic carbocycles. The zero-order chi connectivity index (χ0) is 17.5. The molecule has 1 aliphatic rings. The number of hydrogen-bond donors (Lipinski definition) is 1. The van der Waals surface area contributed by atoms with Gasteiger partial charge in [-0.1, -0.05) is 12.1 Å². The summed E-state index contributed by atoms with van der Waals surface area (Å²) in [5.74, 6) is 0.172. The van der Waals surface area contributed by atoms with E-state index in [9.17, 15) is 9.18 Å². The Balaban J connectivity index is 1.40. The van der Waals surface area contributed by atoms with Gasteiger partial charge in [0.05, 0.1) is 6.54 Å². The second kappa shape index (κ2) is 8.62. The van der Waals surface area contributed by atoms with Crippen LogP contribution in [0.1, 0.15) is 28.8 Å². The molecule has 0 aromatic heterocycles. The summed E-state index contributed by atoms with van der Waals surface area (Å²) in [7, 11) is 0. The van der Waals surface area contributed by atoms with Crippen LogP contribution in [0.2, 0.25) is 0 Å². The molecule has 1 fully saturated rings. The fourth-order valence-corrected chi connectivity index (χ4v) is 2.93. The normalized spacial score (nSPS) is 14.4. The number of hydrogen-bond acceptors (Lipinski definition) is 3. The van der Waals surface area contributed by atoms with E-state index >= 15 is 0 Å². The smallest absolute Gasteiger partial charge is 0.251 e. The third-order valence-electron chi connectivity index (χ3n) is 4.29. The number of ether oxygens (including phenoxy) is 1. The minimum Gasteiger partial charge on any atom is -0.492 e. The van der Waals surface area contributed by atoms with E-state index in [1.807, 2.05) is 24.3 Å². The number of amides is 1. The summed E-state index contributed by atoms with van der Waals surface area (Å²) in [6.45, 7) is 4.01. The molecular weight excluding hydrogens is 319 g/mol. The lowest BCUT2D eigenvalue weighted by Crippen LogP contribution is -2.28. The van der Waals surface area contributed by atoms with E-state index in [0.29, 0.717) is 24.5 Å². The fraction of sp³-hybridized carbons (Fsp3) is 0.350. The number of halogens is 1. The van der Waals surface area contributed by atoms with Crippen LogP contribution in [0.5, 0.6) is 5.75 Å². The summed E-state index contributed by atoms with van der Waals surface area (Å²) in [6.07, 6.45) is 2.56. The van der Waals surface area contributed by atoms with Crippen LogP contribution in [-0.4, -0.2) is 37.0 Å². The molecule has 1 saturated heterocycles. The SMILES string of the molecule is O=C(NCCOc1ccc(F)cc1)c1ccc(CN2CCCC2)cc1. The van der Waals surface area contributed by atoms with Crippen LogP contribution in [0.4, 0.5) is 4.39 Å². The fourth-order valence-electron chi connectivity index (χ4n) is 2.93. The third-order valence-corrected chi connectivity index (χ3v) is 4.29. The molecule has 5 heteroatoms. The third kappa shape index (κ3) is 5.29. The summed E-state index contributed by atoms with van der Waals surface area (Å²) in [6, 6.07) is 13.6. The lowest BCUT2D eigenvalue weighted by molar-refractivity contribution is 0.0947. The molecule has 4 nitrogen and oxygen atoms in total. The highest BCUT2D eigenvalue weighted by Gasteiger charge is 2.12. The van der Waals surface area contributed by atoms with Crippen LogP contribution in [0.3, 0.4) is 0 Å². The first-order valence-corrected chi connectivity index (χ1v) is 8.68. The molecule has 1 N–H and O–H groups in total. The first kappa shape index (κ1) is 17.4. The molecule has 0 saturated carbocycles. The molecular formula is C20H23FN2O2. The molecule has 0 radical (unpaired) electrons. The van der Waals surface area contributed by atoms with E-state index in [1.165, 1.54) is 30.5 Å². The zero-order valence-corrected chi connectivity index (χ0v) is 14.2. The Morgan fingerprint density at radius 2 is 1.72 bits per heavy atom. The second-order valence-corrected chi connectivity index (χ2v) is 6.24. The Kier molecular flexibility index (Phi) is 6.01. The van der Waals surface area contributed by atoms with Gasteiger partial charge in [0.25, 0.3) is 5.91 Å². The van der Waals surface area contributed by atoms with Gasteiger partial charge in [-0.25, -0.2) is 4.39 Å². The maximum absolute atomic E-state index is 12.8. The van der Waals surface area contributed by atoms with E-state index in [2.05, 4.69) is 10.2 Å². The number of rotatable bonds is 7. The molecule has 132 valence electrons. The highest BCUT2D eigenvalue weighted by atomic mass is 19.1. The van der Waals surface area contributed by atoms with Gasteiger partial charge in [0, 0.05) is 12.1 Å². The topological polar surface area (TPSA) is 41.6 Å². The van der Waals surface area contributed by atoms with Gasteiger partial charge in [0.1, 0.15) is 18.2 Å². The van der Waals surface area contributed by atoms with Gasteiger partial charge in [-0.3, -0.25) is 9.69 Å². The maximum atomic E-state index is 12.8. The number of nitrogens with zero attached hydrogens (tertiary/aromatic N) is 1. The predicted octanol–water partition coefficient (Wildman–Crippen LogP) is 3.23. The number of nitrogens with one attached hydrogen (secondary N) is 1. The molecule has 1 heterocycles. The van der Waals surface area contributed by atoms with Gasteiger partial charge in [-0.15, -0.1) is 0 Å². The highest BCUT2D eigenvalue weighted by molar-refractivity contribution is 5.94. The van der Waals surface area contributed by atoms with Crippen LogP contribution in [0.15, 0.2) is 48.5 Å². The Bertz CT molecular complexity index is 680. The summed E-state index contributed by atoms with van der Waals surface area (Å²) in [5, 5.41) is 2.82. The van der Waals surface area contributed by atoms with E-state index in [1.54, 1.807) is 12.1 Å². The van der Waals surface area contributed by atoms with Gasteiger partial charge in [0.15, 0.2) is 0 Å². The van der Waals surface area contributed by atoms with Crippen LogP contribution < -0.4 is 10.1 Å². The van der Waals surface area contributed by atoms with Crippen molar-refractivity contribution in [2.45, 2.75) is 19.4 Å². The van der Waals surface area contributed by atoms with Crippen molar-refractivity contribution in [3.63, 3.8) is 0 Å². The first-order chi connectivity index (χ1) is 12.2. The van der Waals surface area contributed by atoms with Gasteiger partial charge in [-0.2, -0.15) is 0 Å². The molecule has 1 aliphatic heterocycles. The van der Waals surface area contributed by atoms with Crippen LogP contribution in [-0.2, 0) is 6.54 Å². The summed E-state index contributed by atoms with van der Waals surface area (Å²) >= 11 is 0. The average molecular weight is 342 g/mol. The molecule has 0 unspecified atom stereocenters. The molecule has 0 bridgehead atoms. The zero-order valence-electron chi connectivity index (χ0n) is 14.2. The molecule has 0 aliphatic carbocycles. The Morgan fingerprint density at radius 1 is 1.04 bits per heavy atom. The van der Waals surface area contributed by atoms with Crippen molar-refractivity contribution in [1.29, 1.82) is 0 Å². The molecule has 25 heavy (non-hydrogen) atoms. The molecule has 0 atom stereocenters. The molecule has 2 aromatic rings. The Labute approximate surface area is 147 Å². The van der Waals surface area contributed by atoms with E-state index in [4.69, 9.17) is 4.74 Å². The standard InChI is InChI=1S/C20H23FN2O2/c21-18-7-9-19(10-8-18)25-14-11-22-20(24)17-5-3-16(4-6-17)15-23-12-1-2-13-23/h3-10H,1-2,11-15H2,(H,22,24). The van der Waals surface area contributed by atoms with Crippen LogP contribution in [0, 0.1) is 5.82 Å². The van der Waals surface area contributed by atoms with Crippen LogP contribution in [0.25, 0.3) is 0 Å². The van der Waals surface area contributed by atoms with E-state index in [0.717, 1.165) is 19.6 Å². The van der Waals surface area contributed by atoms with E-state index < -0.39 is 0 Å². The Hall–Kier alpha value is -2.40. The van der Waals surface area contributed by atoms with Crippen molar-refractivity contribution in [2.75, 3.05) is 26.2 Å². The summed E-state index contributed by atoms with van der Waals surface area (Å²) < 4.78 is 18.2. The van der Waals surface area contributed by atoms with Crippen molar-refractivity contribution >= 4 is 5.91 Å². The Morgan fingerprint density at radius 3 is 2.40 bits per heavy atom. The lowest BCUT2D eigenvalue weighted by atomic mass is 10.1.